The molecule has 34 heavy (non-hydrogen) atoms. The molecule has 0 saturated carbocycles. The molecule has 1 N–H and O–H groups in total. The first-order chi connectivity index (χ1) is 16.0. The normalized spacial score (nSPS) is 11.7. The Bertz CT molecular complexity index is 1270. The summed E-state index contributed by atoms with van der Waals surface area (Å²) in [6, 6.07) is 16.1. The molecule has 0 aliphatic carbocycles. The van der Waals surface area contributed by atoms with Gasteiger partial charge >= 0.3 is 6.18 Å². The molecular weight excluding hydrogens is 493 g/mol. The van der Waals surface area contributed by atoms with E-state index >= 15 is 0 Å². The van der Waals surface area contributed by atoms with Gasteiger partial charge in [-0.1, -0.05) is 41.9 Å². The molecule has 3 aromatic carbocycles. The number of sulfonamides is 1. The van der Waals surface area contributed by atoms with Crippen molar-refractivity contribution in [1.29, 1.82) is 0 Å². The van der Waals surface area contributed by atoms with Crippen LogP contribution in [-0.4, -0.2) is 27.5 Å². The van der Waals surface area contributed by atoms with Crippen molar-refractivity contribution in [3.05, 3.63) is 83.4 Å². The van der Waals surface area contributed by atoms with Gasteiger partial charge in [0.2, 0.25) is 5.91 Å². The summed E-state index contributed by atoms with van der Waals surface area (Å²) in [7, 11) is -4.24. The predicted molar refractivity (Wildman–Crippen MR) is 124 cm³/mol. The summed E-state index contributed by atoms with van der Waals surface area (Å²) in [6.45, 7) is 1.21. The number of hydrogen-bond acceptors (Lipinski definition) is 4. The van der Waals surface area contributed by atoms with E-state index in [2.05, 4.69) is 5.32 Å². The fourth-order valence-electron chi connectivity index (χ4n) is 3.08. The van der Waals surface area contributed by atoms with E-state index in [1.807, 2.05) is 0 Å². The zero-order valence-electron chi connectivity index (χ0n) is 17.8. The fraction of sp³-hybridized carbons (Fsp3) is 0.174. The molecule has 0 aromatic heterocycles. The number of amides is 1. The van der Waals surface area contributed by atoms with Crippen LogP contribution in [0.5, 0.6) is 5.75 Å². The molecule has 0 radical (unpaired) electrons. The quantitative estimate of drug-likeness (QED) is 0.427. The van der Waals surface area contributed by atoms with Gasteiger partial charge in [0.05, 0.1) is 33.5 Å². The van der Waals surface area contributed by atoms with E-state index in [1.165, 1.54) is 30.3 Å². The Morgan fingerprint density at radius 2 is 1.68 bits per heavy atom. The Balaban J connectivity index is 2.00. The summed E-state index contributed by atoms with van der Waals surface area (Å²) in [5.74, 6) is -0.679. The van der Waals surface area contributed by atoms with Gasteiger partial charge in [0.25, 0.3) is 10.0 Å². The Morgan fingerprint density at radius 3 is 2.32 bits per heavy atom. The number of halogens is 4. The standard InChI is InChI=1S/C23H20ClF3N2O4S/c1-2-33-21-11-7-6-10-20(21)29(34(31,32)17-8-4-3-5-9-17)15-22(30)28-19-14-16(23(25,26)27)12-13-18(19)24/h3-14H,2,15H2,1H3,(H,28,30). The van der Waals surface area contributed by atoms with E-state index in [0.717, 1.165) is 16.4 Å². The minimum absolute atomic E-state index is 0.0776. The van der Waals surface area contributed by atoms with E-state index in [-0.39, 0.29) is 33.6 Å². The number of nitrogens with zero attached hydrogens (tertiary/aromatic N) is 1. The number of anilines is 2. The highest BCUT2D eigenvalue weighted by Crippen LogP contribution is 2.35. The number of nitrogens with one attached hydrogen (secondary N) is 1. The lowest BCUT2D eigenvalue weighted by molar-refractivity contribution is -0.137. The smallest absolute Gasteiger partial charge is 0.416 e. The van der Waals surface area contributed by atoms with Crippen molar-refractivity contribution >= 4 is 38.9 Å². The Kier molecular flexibility index (Phi) is 7.73. The third-order valence-electron chi connectivity index (χ3n) is 4.62. The molecular formula is C23H20ClF3N2O4S. The monoisotopic (exact) mass is 512 g/mol. The number of carbonyl (C=O) groups excluding carboxylic acids is 1. The molecule has 0 aliphatic heterocycles. The van der Waals surface area contributed by atoms with Crippen LogP contribution in [0.25, 0.3) is 0 Å². The zero-order chi connectivity index (χ0) is 24.9. The molecule has 0 bridgehead atoms. The van der Waals surface area contributed by atoms with E-state index in [1.54, 1.807) is 31.2 Å². The topological polar surface area (TPSA) is 75.7 Å². The molecule has 0 atom stereocenters. The van der Waals surface area contributed by atoms with Gasteiger partial charge in [-0.15, -0.1) is 0 Å². The fourth-order valence-corrected chi connectivity index (χ4v) is 4.69. The van der Waals surface area contributed by atoms with Crippen LogP contribution in [0.3, 0.4) is 0 Å². The van der Waals surface area contributed by atoms with Crippen molar-refractivity contribution in [2.45, 2.75) is 18.0 Å². The van der Waals surface area contributed by atoms with Crippen molar-refractivity contribution in [2.75, 3.05) is 22.8 Å². The number of benzene rings is 3. The summed E-state index contributed by atoms with van der Waals surface area (Å²) in [5.41, 5.74) is -1.21. The largest absolute Gasteiger partial charge is 0.492 e. The van der Waals surface area contributed by atoms with Crippen LogP contribution in [0, 0.1) is 0 Å². The number of alkyl halides is 3. The van der Waals surface area contributed by atoms with Gasteiger partial charge in [-0.3, -0.25) is 9.10 Å². The highest BCUT2D eigenvalue weighted by atomic mass is 35.5. The van der Waals surface area contributed by atoms with Crippen molar-refractivity contribution in [3.63, 3.8) is 0 Å². The minimum Gasteiger partial charge on any atom is -0.492 e. The third-order valence-corrected chi connectivity index (χ3v) is 6.72. The summed E-state index contributed by atoms with van der Waals surface area (Å²) < 4.78 is 72.5. The minimum atomic E-state index is -4.65. The molecule has 0 saturated heterocycles. The number of para-hydroxylation sites is 2. The number of carbonyl (C=O) groups is 1. The highest BCUT2D eigenvalue weighted by Gasteiger charge is 2.32. The summed E-state index contributed by atoms with van der Waals surface area (Å²) in [6.07, 6.45) is -4.65. The van der Waals surface area contributed by atoms with E-state index in [4.69, 9.17) is 16.3 Å². The molecule has 0 spiro atoms. The third kappa shape index (κ3) is 5.81. The van der Waals surface area contributed by atoms with Crippen molar-refractivity contribution in [2.24, 2.45) is 0 Å². The lowest BCUT2D eigenvalue weighted by Crippen LogP contribution is -2.38. The predicted octanol–water partition coefficient (Wildman–Crippen LogP) is 5.59. The van der Waals surface area contributed by atoms with Crippen LogP contribution in [0.4, 0.5) is 24.5 Å². The molecule has 11 heteroatoms. The lowest BCUT2D eigenvalue weighted by atomic mass is 10.2. The average molecular weight is 513 g/mol. The summed E-state index contributed by atoms with van der Waals surface area (Å²) in [5, 5.41) is 2.15. The second-order valence-electron chi connectivity index (χ2n) is 6.97. The molecule has 180 valence electrons. The molecule has 6 nitrogen and oxygen atoms in total. The van der Waals surface area contributed by atoms with Gasteiger partial charge in [0.1, 0.15) is 12.3 Å². The van der Waals surface area contributed by atoms with Gasteiger partial charge in [0.15, 0.2) is 0 Å². The maximum atomic E-state index is 13.4. The van der Waals surface area contributed by atoms with Gasteiger partial charge < -0.3 is 10.1 Å². The van der Waals surface area contributed by atoms with Crippen LogP contribution in [0.15, 0.2) is 77.7 Å². The number of rotatable bonds is 8. The maximum absolute atomic E-state index is 13.4. The molecule has 1 amide bonds. The van der Waals surface area contributed by atoms with Crippen molar-refractivity contribution in [1.82, 2.24) is 0 Å². The molecule has 3 rings (SSSR count). The Morgan fingerprint density at radius 1 is 1.03 bits per heavy atom. The van der Waals surface area contributed by atoms with Crippen LogP contribution < -0.4 is 14.4 Å². The van der Waals surface area contributed by atoms with Crippen LogP contribution in [0.1, 0.15) is 12.5 Å². The average Bonchev–Trinajstić information content (AvgIpc) is 2.79. The molecule has 0 heterocycles. The molecule has 0 unspecified atom stereocenters. The first-order valence-electron chi connectivity index (χ1n) is 10.00. The molecule has 0 fully saturated rings. The van der Waals surface area contributed by atoms with Crippen LogP contribution in [-0.2, 0) is 21.0 Å². The summed E-state index contributed by atoms with van der Waals surface area (Å²) in [4.78, 5) is 12.8. The zero-order valence-corrected chi connectivity index (χ0v) is 19.4. The first kappa shape index (κ1) is 25.4. The maximum Gasteiger partial charge on any atom is 0.416 e. The summed E-state index contributed by atoms with van der Waals surface area (Å²) >= 11 is 5.96. The van der Waals surface area contributed by atoms with Crippen LogP contribution in [0.2, 0.25) is 5.02 Å². The SMILES string of the molecule is CCOc1ccccc1N(CC(=O)Nc1cc(C(F)(F)F)ccc1Cl)S(=O)(=O)c1ccccc1. The van der Waals surface area contributed by atoms with E-state index in [9.17, 15) is 26.4 Å². The van der Waals surface area contributed by atoms with Gasteiger partial charge in [-0.25, -0.2) is 8.42 Å². The second kappa shape index (κ2) is 10.4. The van der Waals surface area contributed by atoms with Gasteiger partial charge in [0, 0.05) is 0 Å². The Labute approximate surface area is 200 Å². The first-order valence-corrected chi connectivity index (χ1v) is 11.8. The van der Waals surface area contributed by atoms with Crippen molar-refractivity contribution < 1.29 is 31.1 Å². The molecule has 3 aromatic rings. The second-order valence-corrected chi connectivity index (χ2v) is 9.24. The highest BCUT2D eigenvalue weighted by molar-refractivity contribution is 7.92. The van der Waals surface area contributed by atoms with Gasteiger partial charge in [-0.05, 0) is 49.4 Å². The van der Waals surface area contributed by atoms with Crippen LogP contribution >= 0.6 is 11.6 Å². The number of ether oxygens (including phenoxy) is 1. The lowest BCUT2D eigenvalue weighted by Gasteiger charge is -2.26. The van der Waals surface area contributed by atoms with E-state index < -0.39 is 34.2 Å². The Hall–Kier alpha value is -3.24. The van der Waals surface area contributed by atoms with Crippen molar-refractivity contribution in [3.8, 4) is 5.75 Å². The molecule has 0 aliphatic rings. The van der Waals surface area contributed by atoms with Gasteiger partial charge in [-0.2, -0.15) is 13.2 Å². The van der Waals surface area contributed by atoms with E-state index in [0.29, 0.717) is 6.07 Å². The number of hydrogen-bond donors (Lipinski definition) is 1.